The molecule has 136 valence electrons. The molecule has 0 bridgehead atoms. The van der Waals surface area contributed by atoms with E-state index in [1.807, 2.05) is 22.7 Å². The van der Waals surface area contributed by atoms with Crippen LogP contribution in [0.25, 0.3) is 51.4 Å². The molecule has 4 heterocycles. The Morgan fingerprint density at radius 3 is 2.11 bits per heavy atom. The lowest BCUT2D eigenvalue weighted by Crippen LogP contribution is -1.84. The maximum absolute atomic E-state index is 4.46. The average Bonchev–Trinajstić information content (AvgIpc) is 3.46. The second-order valence-electron chi connectivity index (χ2n) is 6.69. The fourth-order valence-electron chi connectivity index (χ4n) is 3.57. The van der Waals surface area contributed by atoms with Crippen molar-refractivity contribution in [3.63, 3.8) is 0 Å². The van der Waals surface area contributed by atoms with Crippen molar-refractivity contribution < 1.29 is 0 Å². The van der Waals surface area contributed by atoms with Gasteiger partial charge in [-0.1, -0.05) is 8.98 Å². The normalized spacial score (nSPS) is 11.9. The summed E-state index contributed by atoms with van der Waals surface area (Å²) in [5.41, 5.74) is 4.28. The first-order valence-electron chi connectivity index (χ1n) is 8.66. The van der Waals surface area contributed by atoms with E-state index in [1.54, 1.807) is 0 Å². The topological polar surface area (TPSA) is 51.6 Å². The molecule has 0 radical (unpaired) electrons. The van der Waals surface area contributed by atoms with Crippen LogP contribution in [0.15, 0.2) is 36.4 Å². The molecular formula is C20H12N4S4. The third kappa shape index (κ3) is 2.39. The molecule has 0 aliphatic rings. The highest BCUT2D eigenvalue weighted by atomic mass is 32.1. The zero-order valence-electron chi connectivity index (χ0n) is 14.9. The van der Waals surface area contributed by atoms with Crippen LogP contribution in [0.1, 0.15) is 10.4 Å². The minimum Gasteiger partial charge on any atom is -0.140 e. The lowest BCUT2D eigenvalue weighted by Gasteiger charge is -2.06. The summed E-state index contributed by atoms with van der Waals surface area (Å²) < 4.78 is 10.7. The molecule has 0 saturated heterocycles. The monoisotopic (exact) mass is 436 g/mol. The number of thiophene rings is 2. The van der Waals surface area contributed by atoms with Crippen molar-refractivity contribution in [2.24, 2.45) is 0 Å². The zero-order valence-corrected chi connectivity index (χ0v) is 18.2. The van der Waals surface area contributed by atoms with Crippen molar-refractivity contribution >= 4 is 76.9 Å². The van der Waals surface area contributed by atoms with Crippen LogP contribution in [-0.4, -0.2) is 19.2 Å². The highest BCUT2D eigenvalue weighted by Gasteiger charge is 2.18. The fourth-order valence-corrected chi connectivity index (χ4v) is 6.98. The largest absolute Gasteiger partial charge is 0.140 e. The molecule has 2 aromatic carbocycles. The van der Waals surface area contributed by atoms with Gasteiger partial charge in [0.25, 0.3) is 0 Å². The summed E-state index contributed by atoms with van der Waals surface area (Å²) in [6, 6.07) is 13.2. The van der Waals surface area contributed by atoms with Gasteiger partial charge in [0.05, 0.1) is 9.40 Å². The molecule has 6 aromatic rings. The first kappa shape index (κ1) is 16.7. The third-order valence-corrected chi connectivity index (χ3v) is 8.82. The van der Waals surface area contributed by atoms with Crippen molar-refractivity contribution in [1.29, 1.82) is 0 Å². The molecule has 28 heavy (non-hydrogen) atoms. The van der Waals surface area contributed by atoms with Gasteiger partial charge in [0.1, 0.15) is 11.0 Å². The number of rotatable bonds is 2. The van der Waals surface area contributed by atoms with Gasteiger partial charge in [-0.15, -0.1) is 32.9 Å². The van der Waals surface area contributed by atoms with E-state index < -0.39 is 0 Å². The Morgan fingerprint density at radius 1 is 0.679 bits per heavy atom. The number of aryl methyl sites for hydroxylation is 2. The van der Waals surface area contributed by atoms with Crippen LogP contribution in [-0.2, 0) is 0 Å². The third-order valence-electron chi connectivity index (χ3n) is 4.88. The van der Waals surface area contributed by atoms with Crippen LogP contribution in [0, 0.1) is 13.8 Å². The maximum atomic E-state index is 4.46. The summed E-state index contributed by atoms with van der Waals surface area (Å²) in [4.78, 5) is 5.17. The average molecular weight is 437 g/mol. The molecule has 0 unspecified atom stereocenters. The van der Waals surface area contributed by atoms with E-state index >= 15 is 0 Å². The first-order chi connectivity index (χ1) is 13.7. The fraction of sp³-hybridized carbons (Fsp3) is 0.100. The summed E-state index contributed by atoms with van der Waals surface area (Å²) in [5.74, 6) is 0. The second-order valence-corrected chi connectivity index (χ2v) is 10.6. The number of nitrogens with zero attached hydrogens (tertiary/aromatic N) is 4. The number of hydrogen-bond donors (Lipinski definition) is 0. The predicted molar refractivity (Wildman–Crippen MR) is 122 cm³/mol. The lowest BCUT2D eigenvalue weighted by atomic mass is 10.0. The van der Waals surface area contributed by atoms with Crippen LogP contribution in [0.2, 0.25) is 0 Å². The van der Waals surface area contributed by atoms with E-state index in [1.165, 1.54) is 53.7 Å². The lowest BCUT2D eigenvalue weighted by molar-refractivity contribution is 1.20. The Hall–Kier alpha value is -2.26. The molecule has 0 amide bonds. The van der Waals surface area contributed by atoms with Gasteiger partial charge in [0.15, 0.2) is 0 Å². The van der Waals surface area contributed by atoms with E-state index in [4.69, 9.17) is 0 Å². The molecule has 4 aromatic heterocycles. The maximum Gasteiger partial charge on any atom is 0.114 e. The van der Waals surface area contributed by atoms with Gasteiger partial charge in [0, 0.05) is 35.8 Å². The molecule has 4 nitrogen and oxygen atoms in total. The van der Waals surface area contributed by atoms with E-state index in [2.05, 4.69) is 69.4 Å². The molecule has 0 N–H and O–H groups in total. The van der Waals surface area contributed by atoms with Gasteiger partial charge in [-0.05, 0) is 78.9 Å². The molecule has 0 aliphatic heterocycles. The molecular weight excluding hydrogens is 425 g/mol. The summed E-state index contributed by atoms with van der Waals surface area (Å²) in [6.45, 7) is 4.25. The predicted octanol–water partition coefficient (Wildman–Crippen LogP) is 6.92. The van der Waals surface area contributed by atoms with Gasteiger partial charge >= 0.3 is 0 Å². The Kier molecular flexibility index (Phi) is 3.64. The van der Waals surface area contributed by atoms with Crippen molar-refractivity contribution in [2.75, 3.05) is 0 Å². The molecule has 0 atom stereocenters. The van der Waals surface area contributed by atoms with Crippen molar-refractivity contribution in [3.05, 3.63) is 46.8 Å². The highest BCUT2D eigenvalue weighted by Crippen LogP contribution is 2.43. The summed E-state index contributed by atoms with van der Waals surface area (Å²) >= 11 is 6.56. The van der Waals surface area contributed by atoms with Crippen LogP contribution < -0.4 is 0 Å². The quantitative estimate of drug-likeness (QED) is 0.295. The molecule has 0 saturated carbocycles. The van der Waals surface area contributed by atoms with E-state index in [9.17, 15) is 0 Å². The van der Waals surface area contributed by atoms with Gasteiger partial charge < -0.3 is 0 Å². The van der Waals surface area contributed by atoms with E-state index in [0.717, 1.165) is 31.2 Å². The Bertz CT molecular complexity index is 1500. The smallest absolute Gasteiger partial charge is 0.114 e. The summed E-state index contributed by atoms with van der Waals surface area (Å²) in [5, 5.41) is 11.1. The minimum atomic E-state index is 0.956. The molecule has 0 fully saturated rings. The van der Waals surface area contributed by atoms with Crippen molar-refractivity contribution in [2.45, 2.75) is 13.8 Å². The Balaban J connectivity index is 1.65. The molecule has 6 rings (SSSR count). The number of benzene rings is 2. The van der Waals surface area contributed by atoms with Crippen LogP contribution >= 0.6 is 45.7 Å². The molecule has 8 heteroatoms. The second kappa shape index (κ2) is 6.12. The van der Waals surface area contributed by atoms with Crippen molar-refractivity contribution in [1.82, 2.24) is 19.2 Å². The van der Waals surface area contributed by atoms with Gasteiger partial charge in [-0.25, -0.2) is 0 Å². The van der Waals surface area contributed by atoms with Crippen LogP contribution in [0.5, 0.6) is 0 Å². The number of hydrogen-bond acceptors (Lipinski definition) is 8. The Labute approximate surface area is 176 Å². The highest BCUT2D eigenvalue weighted by molar-refractivity contribution is 7.24. The number of aromatic nitrogens is 4. The summed E-state index contributed by atoms with van der Waals surface area (Å²) in [7, 11) is 0. The SMILES string of the molecule is Cc1ccc(-c2ccc(-c3cc4c(cc(C)c5snnc54)c4nnsc34)s2)s1. The summed E-state index contributed by atoms with van der Waals surface area (Å²) in [6.07, 6.45) is 0. The minimum absolute atomic E-state index is 0.956. The van der Waals surface area contributed by atoms with Crippen LogP contribution in [0.4, 0.5) is 0 Å². The zero-order chi connectivity index (χ0) is 18.8. The van der Waals surface area contributed by atoms with E-state index in [0.29, 0.717) is 0 Å². The molecule has 0 spiro atoms. The van der Waals surface area contributed by atoms with Gasteiger partial charge in [0.2, 0.25) is 0 Å². The first-order valence-corrected chi connectivity index (χ1v) is 11.8. The van der Waals surface area contributed by atoms with Gasteiger partial charge in [-0.3, -0.25) is 0 Å². The molecule has 0 aliphatic carbocycles. The number of fused-ring (bicyclic) bond motifs is 5. The van der Waals surface area contributed by atoms with Crippen molar-refractivity contribution in [3.8, 4) is 20.2 Å². The standard InChI is InChI=1S/C20H12N4S4/c1-9-7-11-12(17-19(9)27-23-21-17)8-13(20-18(11)22-24-28-20)14-5-6-16(26-14)15-4-3-10(2)25-15/h3-8H,1-2H3. The Morgan fingerprint density at radius 2 is 1.32 bits per heavy atom. The van der Waals surface area contributed by atoms with E-state index in [-0.39, 0.29) is 0 Å². The van der Waals surface area contributed by atoms with Gasteiger partial charge in [-0.2, -0.15) is 0 Å². The van der Waals surface area contributed by atoms with Crippen LogP contribution in [0.3, 0.4) is 0 Å².